The van der Waals surface area contributed by atoms with Crippen molar-refractivity contribution >= 4 is 0 Å². The zero-order valence-corrected chi connectivity index (χ0v) is 8.31. The molecule has 76 valence electrons. The molecule has 0 amide bonds. The Labute approximate surface area is 88.5 Å². The number of phenols is 1. The summed E-state index contributed by atoms with van der Waals surface area (Å²) in [5, 5.41) is 9.86. The summed E-state index contributed by atoms with van der Waals surface area (Å²) in [4.78, 5) is 0. The minimum Gasteiger partial charge on any atom is -0.508 e. The molecule has 1 aromatic rings. The highest BCUT2D eigenvalue weighted by atomic mass is 16.5. The summed E-state index contributed by atoms with van der Waals surface area (Å²) >= 11 is 0. The maximum Gasteiger partial charge on any atom is 0.127 e. The summed E-state index contributed by atoms with van der Waals surface area (Å²) < 4.78 is 5.61. The predicted octanol–water partition coefficient (Wildman–Crippen LogP) is 2.75. The van der Waals surface area contributed by atoms with Crippen LogP contribution in [0.5, 0.6) is 11.5 Å². The molecule has 0 bridgehead atoms. The normalized spacial score (nSPS) is 22.4. The Morgan fingerprint density at radius 2 is 2.27 bits per heavy atom. The van der Waals surface area contributed by atoms with Crippen LogP contribution < -0.4 is 4.74 Å². The van der Waals surface area contributed by atoms with E-state index in [1.54, 1.807) is 6.07 Å². The number of ether oxygens (including phenoxy) is 1. The Morgan fingerprint density at radius 1 is 1.33 bits per heavy atom. The predicted molar refractivity (Wildman–Crippen MR) is 58.2 cm³/mol. The first-order valence-electron chi connectivity index (χ1n) is 5.16. The monoisotopic (exact) mass is 200 g/mol. The maximum atomic E-state index is 9.86. The van der Waals surface area contributed by atoms with Gasteiger partial charge < -0.3 is 9.84 Å². The zero-order chi connectivity index (χ0) is 10.3. The largest absolute Gasteiger partial charge is 0.508 e. The minimum atomic E-state index is 0.306. The van der Waals surface area contributed by atoms with Gasteiger partial charge in [0.05, 0.1) is 0 Å². The number of aromatic hydroxyl groups is 1. The maximum absolute atomic E-state index is 9.86. The van der Waals surface area contributed by atoms with E-state index < -0.39 is 0 Å². The number of fused-ring (bicyclic) bond motifs is 3. The van der Waals surface area contributed by atoms with E-state index in [1.165, 1.54) is 5.57 Å². The summed E-state index contributed by atoms with van der Waals surface area (Å²) in [7, 11) is 0. The van der Waals surface area contributed by atoms with Crippen molar-refractivity contribution in [3.63, 3.8) is 0 Å². The molecule has 3 rings (SSSR count). The lowest BCUT2D eigenvalue weighted by Gasteiger charge is -2.29. The lowest BCUT2D eigenvalue weighted by Crippen LogP contribution is -2.18. The second-order valence-electron chi connectivity index (χ2n) is 3.94. The molecule has 0 spiro atoms. The van der Waals surface area contributed by atoms with Crippen LogP contribution in [-0.2, 0) is 0 Å². The van der Waals surface area contributed by atoms with Gasteiger partial charge in [0.1, 0.15) is 18.1 Å². The lowest BCUT2D eigenvalue weighted by molar-refractivity contribution is 0.311. The van der Waals surface area contributed by atoms with E-state index >= 15 is 0 Å². The molecule has 0 fully saturated rings. The van der Waals surface area contributed by atoms with Crippen LogP contribution in [0.4, 0.5) is 0 Å². The van der Waals surface area contributed by atoms with E-state index in [9.17, 15) is 5.11 Å². The standard InChI is InChI=1S/C13H12O2/c14-11-6-3-7-12-13(11)10-5-2-1-4-9(10)8-15-12/h1-4,6-7,10,14H,5,8H2. The van der Waals surface area contributed by atoms with Gasteiger partial charge in [0, 0.05) is 11.5 Å². The molecule has 1 aliphatic heterocycles. The summed E-state index contributed by atoms with van der Waals surface area (Å²) in [6.45, 7) is 0.644. The van der Waals surface area contributed by atoms with Gasteiger partial charge in [0.25, 0.3) is 0 Å². The molecule has 0 aromatic heterocycles. The van der Waals surface area contributed by atoms with E-state index in [1.807, 2.05) is 12.1 Å². The first-order chi connectivity index (χ1) is 7.36. The van der Waals surface area contributed by atoms with Crippen molar-refractivity contribution in [2.45, 2.75) is 12.3 Å². The van der Waals surface area contributed by atoms with Crippen LogP contribution in [-0.4, -0.2) is 11.7 Å². The third-order valence-electron chi connectivity index (χ3n) is 3.05. The van der Waals surface area contributed by atoms with Crippen LogP contribution in [0.2, 0.25) is 0 Å². The summed E-state index contributed by atoms with van der Waals surface area (Å²) in [6.07, 6.45) is 7.24. The van der Waals surface area contributed by atoms with Crippen LogP contribution in [0.1, 0.15) is 17.9 Å². The van der Waals surface area contributed by atoms with Crippen molar-refractivity contribution in [3.8, 4) is 11.5 Å². The number of hydrogen-bond acceptors (Lipinski definition) is 2. The highest BCUT2D eigenvalue weighted by molar-refractivity contribution is 5.53. The minimum absolute atomic E-state index is 0.306. The Morgan fingerprint density at radius 3 is 3.20 bits per heavy atom. The third-order valence-corrected chi connectivity index (χ3v) is 3.05. The summed E-state index contributed by atoms with van der Waals surface area (Å²) in [5.41, 5.74) is 2.20. The van der Waals surface area contributed by atoms with Gasteiger partial charge in [-0.05, 0) is 24.1 Å². The third kappa shape index (κ3) is 1.25. The van der Waals surface area contributed by atoms with Crippen molar-refractivity contribution in [3.05, 3.63) is 47.6 Å². The first kappa shape index (κ1) is 8.60. The fourth-order valence-corrected chi connectivity index (χ4v) is 2.30. The topological polar surface area (TPSA) is 29.5 Å². The number of hydrogen-bond donors (Lipinski definition) is 1. The zero-order valence-electron chi connectivity index (χ0n) is 8.31. The van der Waals surface area contributed by atoms with Crippen LogP contribution >= 0.6 is 0 Å². The highest BCUT2D eigenvalue weighted by Crippen LogP contribution is 2.44. The smallest absolute Gasteiger partial charge is 0.127 e. The Kier molecular flexibility index (Phi) is 1.81. The van der Waals surface area contributed by atoms with E-state index in [0.29, 0.717) is 18.3 Å². The molecule has 1 aliphatic carbocycles. The number of phenolic OH excluding ortho intramolecular Hbond substituents is 1. The fraction of sp³-hybridized carbons (Fsp3) is 0.231. The van der Waals surface area contributed by atoms with E-state index in [-0.39, 0.29) is 0 Å². The van der Waals surface area contributed by atoms with Gasteiger partial charge in [0.2, 0.25) is 0 Å². The highest BCUT2D eigenvalue weighted by Gasteiger charge is 2.28. The lowest BCUT2D eigenvalue weighted by atomic mass is 9.83. The van der Waals surface area contributed by atoms with E-state index in [2.05, 4.69) is 18.2 Å². The van der Waals surface area contributed by atoms with Crippen molar-refractivity contribution in [1.82, 2.24) is 0 Å². The second-order valence-corrected chi connectivity index (χ2v) is 3.94. The van der Waals surface area contributed by atoms with Crippen molar-refractivity contribution in [2.24, 2.45) is 0 Å². The SMILES string of the molecule is Oc1cccc2c1C1CC=CC=C1CO2. The van der Waals surface area contributed by atoms with Gasteiger partial charge in [-0.25, -0.2) is 0 Å². The molecule has 0 saturated heterocycles. The molecule has 0 saturated carbocycles. The van der Waals surface area contributed by atoms with Gasteiger partial charge in [-0.15, -0.1) is 0 Å². The molecule has 2 aliphatic rings. The molecule has 1 N–H and O–H groups in total. The number of rotatable bonds is 0. The Bertz CT molecular complexity index is 458. The molecular formula is C13H12O2. The van der Waals surface area contributed by atoms with Crippen molar-refractivity contribution in [1.29, 1.82) is 0 Å². The van der Waals surface area contributed by atoms with Gasteiger partial charge in [-0.1, -0.05) is 24.3 Å². The number of allylic oxidation sites excluding steroid dienone is 3. The quantitative estimate of drug-likeness (QED) is 0.697. The molecular weight excluding hydrogens is 188 g/mol. The molecule has 2 nitrogen and oxygen atoms in total. The molecule has 1 unspecified atom stereocenters. The number of benzene rings is 1. The van der Waals surface area contributed by atoms with Crippen molar-refractivity contribution < 1.29 is 9.84 Å². The average molecular weight is 200 g/mol. The second kappa shape index (κ2) is 3.16. The van der Waals surface area contributed by atoms with Gasteiger partial charge >= 0.3 is 0 Å². The molecule has 1 atom stereocenters. The van der Waals surface area contributed by atoms with E-state index in [0.717, 1.165) is 17.7 Å². The van der Waals surface area contributed by atoms with Crippen LogP contribution in [0.3, 0.4) is 0 Å². The Hall–Kier alpha value is -1.70. The summed E-state index contributed by atoms with van der Waals surface area (Å²) in [6, 6.07) is 5.47. The van der Waals surface area contributed by atoms with Crippen molar-refractivity contribution in [2.75, 3.05) is 6.61 Å². The van der Waals surface area contributed by atoms with E-state index in [4.69, 9.17) is 4.74 Å². The first-order valence-corrected chi connectivity index (χ1v) is 5.16. The Balaban J connectivity index is 2.16. The molecule has 2 heteroatoms. The van der Waals surface area contributed by atoms with Gasteiger partial charge in [-0.3, -0.25) is 0 Å². The molecule has 1 heterocycles. The summed E-state index contributed by atoms with van der Waals surface area (Å²) in [5.74, 6) is 1.48. The van der Waals surface area contributed by atoms with Gasteiger partial charge in [0.15, 0.2) is 0 Å². The fourth-order valence-electron chi connectivity index (χ4n) is 2.30. The van der Waals surface area contributed by atoms with Gasteiger partial charge in [-0.2, -0.15) is 0 Å². The molecule has 15 heavy (non-hydrogen) atoms. The van der Waals surface area contributed by atoms with Crippen LogP contribution in [0.25, 0.3) is 0 Å². The molecule has 1 aromatic carbocycles. The molecule has 0 radical (unpaired) electrons. The van der Waals surface area contributed by atoms with Crippen LogP contribution in [0.15, 0.2) is 42.0 Å². The van der Waals surface area contributed by atoms with Crippen LogP contribution in [0, 0.1) is 0 Å². The average Bonchev–Trinajstić information content (AvgIpc) is 2.29.